The summed E-state index contributed by atoms with van der Waals surface area (Å²) in [5.41, 5.74) is 3.10. The number of carbonyl (C=O) groups excluding carboxylic acids is 1. The van der Waals surface area contributed by atoms with Gasteiger partial charge in [0.15, 0.2) is 16.0 Å². The number of aromatic nitrogens is 3. The number of halogens is 1. The highest BCUT2D eigenvalue weighted by Crippen LogP contribution is 2.36. The van der Waals surface area contributed by atoms with E-state index in [1.165, 1.54) is 13.2 Å². The van der Waals surface area contributed by atoms with Crippen molar-refractivity contribution >= 4 is 16.9 Å². The Morgan fingerprint density at radius 1 is 1.23 bits per heavy atom. The van der Waals surface area contributed by atoms with Crippen LogP contribution in [-0.4, -0.2) is 44.7 Å². The lowest BCUT2D eigenvalue weighted by atomic mass is 9.91. The maximum atomic E-state index is 14.9. The molecule has 0 bridgehead atoms. The standard InChI is InChI=1S/C25H29FN4O4S/c1-25(2,34-4)15-30-11-9-24(28-30)35(32)29-22(31)14-20-17-6-5-7-18(17)21(26)13-19(20)16-8-10-27-23(12-16)33-3/h8-13H,5-7,14-15H2,1-4H3,(H,29,31). The fourth-order valence-electron chi connectivity index (χ4n) is 4.29. The zero-order chi connectivity index (χ0) is 25.2. The molecule has 1 unspecified atom stereocenters. The number of hydrogen-bond donors (Lipinski definition) is 1. The molecule has 35 heavy (non-hydrogen) atoms. The van der Waals surface area contributed by atoms with E-state index >= 15 is 0 Å². The van der Waals surface area contributed by atoms with Crippen LogP contribution in [0.15, 0.2) is 41.7 Å². The molecule has 3 aromatic rings. The van der Waals surface area contributed by atoms with Crippen LogP contribution in [0.5, 0.6) is 5.88 Å². The van der Waals surface area contributed by atoms with Gasteiger partial charge in [0.05, 0.1) is 25.7 Å². The van der Waals surface area contributed by atoms with Crippen LogP contribution >= 0.6 is 0 Å². The van der Waals surface area contributed by atoms with Crippen molar-refractivity contribution in [1.29, 1.82) is 0 Å². The van der Waals surface area contributed by atoms with Gasteiger partial charge >= 0.3 is 0 Å². The van der Waals surface area contributed by atoms with Crippen molar-refractivity contribution in [2.45, 2.75) is 56.7 Å². The van der Waals surface area contributed by atoms with Crippen LogP contribution in [0.25, 0.3) is 11.1 Å². The lowest BCUT2D eigenvalue weighted by molar-refractivity contribution is -0.118. The third kappa shape index (κ3) is 5.59. The van der Waals surface area contributed by atoms with Gasteiger partial charge < -0.3 is 9.47 Å². The van der Waals surface area contributed by atoms with Crippen LogP contribution in [0, 0.1) is 5.82 Å². The summed E-state index contributed by atoms with van der Waals surface area (Å²) in [5, 5.41) is 4.55. The summed E-state index contributed by atoms with van der Waals surface area (Å²) in [6.45, 7) is 4.31. The van der Waals surface area contributed by atoms with Crippen LogP contribution in [0.4, 0.5) is 4.39 Å². The molecular formula is C25H29FN4O4S. The molecule has 0 saturated heterocycles. The summed E-state index contributed by atoms with van der Waals surface area (Å²) in [7, 11) is 1.30. The second-order valence-corrected chi connectivity index (χ2v) is 10.2. The van der Waals surface area contributed by atoms with Crippen LogP contribution in [0.3, 0.4) is 0 Å². The molecule has 8 nitrogen and oxygen atoms in total. The van der Waals surface area contributed by atoms with Crippen molar-refractivity contribution in [3.05, 3.63) is 59.2 Å². The van der Waals surface area contributed by atoms with E-state index in [0.29, 0.717) is 42.0 Å². The third-order valence-electron chi connectivity index (χ3n) is 6.17. The monoisotopic (exact) mass is 500 g/mol. The molecule has 1 aromatic carbocycles. The molecule has 2 aromatic heterocycles. The van der Waals surface area contributed by atoms with E-state index in [-0.39, 0.29) is 17.3 Å². The molecule has 0 aliphatic heterocycles. The highest BCUT2D eigenvalue weighted by atomic mass is 32.2. The average Bonchev–Trinajstić information content (AvgIpc) is 3.51. The van der Waals surface area contributed by atoms with E-state index in [2.05, 4.69) is 14.8 Å². The predicted molar refractivity (Wildman–Crippen MR) is 130 cm³/mol. The molecule has 4 rings (SSSR count). The summed E-state index contributed by atoms with van der Waals surface area (Å²) < 4.78 is 42.5. The number of carbonyl (C=O) groups is 1. The number of amides is 1. The minimum absolute atomic E-state index is 0.0360. The number of fused-ring (bicyclic) bond motifs is 1. The molecule has 1 aliphatic carbocycles. The molecular weight excluding hydrogens is 471 g/mol. The number of nitrogens with zero attached hydrogens (tertiary/aromatic N) is 3. The quantitative estimate of drug-likeness (QED) is 0.484. The van der Waals surface area contributed by atoms with Gasteiger partial charge in [-0.1, -0.05) is 0 Å². The molecule has 186 valence electrons. The highest BCUT2D eigenvalue weighted by molar-refractivity contribution is 7.83. The summed E-state index contributed by atoms with van der Waals surface area (Å²) >= 11 is 0. The minimum Gasteiger partial charge on any atom is -0.481 e. The van der Waals surface area contributed by atoms with Gasteiger partial charge in [0.1, 0.15) is 5.82 Å². The van der Waals surface area contributed by atoms with Crippen molar-refractivity contribution < 1.29 is 22.9 Å². The molecule has 10 heteroatoms. The normalized spacial score (nSPS) is 14.0. The molecule has 1 atom stereocenters. The number of hydrogen-bond acceptors (Lipinski definition) is 6. The Balaban J connectivity index is 1.57. The first kappa shape index (κ1) is 25.0. The maximum Gasteiger partial charge on any atom is 0.236 e. The molecule has 1 N–H and O–H groups in total. The maximum absolute atomic E-state index is 14.9. The summed E-state index contributed by atoms with van der Waals surface area (Å²) in [4.78, 5) is 17.1. The molecule has 0 radical (unpaired) electrons. The summed E-state index contributed by atoms with van der Waals surface area (Å²) in [6, 6.07) is 6.54. The predicted octanol–water partition coefficient (Wildman–Crippen LogP) is 3.39. The van der Waals surface area contributed by atoms with Crippen molar-refractivity contribution in [3.8, 4) is 17.0 Å². The van der Waals surface area contributed by atoms with Crippen LogP contribution < -0.4 is 9.46 Å². The fraction of sp³-hybridized carbons (Fsp3) is 0.400. The Hall–Kier alpha value is -3.11. The largest absolute Gasteiger partial charge is 0.481 e. The number of rotatable bonds is 9. The average molecular weight is 501 g/mol. The van der Waals surface area contributed by atoms with Gasteiger partial charge in [-0.05, 0) is 79.1 Å². The first-order chi connectivity index (χ1) is 16.7. The second-order valence-electron chi connectivity index (χ2n) is 9.07. The molecule has 2 heterocycles. The molecule has 0 spiro atoms. The van der Waals surface area contributed by atoms with Gasteiger partial charge in [-0.25, -0.2) is 13.6 Å². The topological polar surface area (TPSA) is 95.3 Å². The van der Waals surface area contributed by atoms with E-state index < -0.39 is 22.5 Å². The van der Waals surface area contributed by atoms with E-state index in [1.807, 2.05) is 13.8 Å². The number of benzene rings is 1. The Labute approximate surface area is 206 Å². The fourth-order valence-corrected chi connectivity index (χ4v) is 5.04. The van der Waals surface area contributed by atoms with Crippen LogP contribution in [0.1, 0.15) is 37.0 Å². The first-order valence-corrected chi connectivity index (χ1v) is 12.5. The zero-order valence-corrected chi connectivity index (χ0v) is 21.1. The smallest absolute Gasteiger partial charge is 0.236 e. The molecule has 1 aliphatic rings. The third-order valence-corrected chi connectivity index (χ3v) is 7.18. The summed E-state index contributed by atoms with van der Waals surface area (Å²) in [6.07, 6.45) is 5.39. The van der Waals surface area contributed by atoms with Gasteiger partial charge in [-0.15, -0.1) is 0 Å². The van der Waals surface area contributed by atoms with E-state index in [9.17, 15) is 13.4 Å². The summed E-state index contributed by atoms with van der Waals surface area (Å²) in [5.74, 6) is -0.314. The number of pyridine rings is 1. The Morgan fingerprint density at radius 3 is 2.74 bits per heavy atom. The molecule has 0 saturated carbocycles. The van der Waals surface area contributed by atoms with Crippen molar-refractivity contribution in [2.24, 2.45) is 0 Å². The number of nitrogens with one attached hydrogen (secondary N) is 1. The van der Waals surface area contributed by atoms with Crippen molar-refractivity contribution in [3.63, 3.8) is 0 Å². The number of methoxy groups -OCH3 is 2. The number of ether oxygens (including phenoxy) is 2. The molecule has 0 fully saturated rings. The van der Waals surface area contributed by atoms with E-state index in [1.54, 1.807) is 42.4 Å². The Bertz CT molecular complexity index is 1270. The SMILES string of the molecule is COc1cc(-c2cc(F)c3c(c2CC(=O)NS(=O)c2ccn(CC(C)(C)OC)n2)CCC3)ccn1. The zero-order valence-electron chi connectivity index (χ0n) is 20.3. The second kappa shape index (κ2) is 10.2. The molecule has 1 amide bonds. The van der Waals surface area contributed by atoms with Gasteiger partial charge in [0, 0.05) is 25.6 Å². The lowest BCUT2D eigenvalue weighted by Gasteiger charge is -2.22. The van der Waals surface area contributed by atoms with E-state index in [0.717, 1.165) is 17.5 Å². The van der Waals surface area contributed by atoms with Gasteiger partial charge in [-0.2, -0.15) is 5.10 Å². The van der Waals surface area contributed by atoms with Gasteiger partial charge in [-0.3, -0.25) is 14.2 Å². The highest BCUT2D eigenvalue weighted by Gasteiger charge is 2.25. The van der Waals surface area contributed by atoms with E-state index in [4.69, 9.17) is 9.47 Å². The minimum atomic E-state index is -1.83. The van der Waals surface area contributed by atoms with Gasteiger partial charge in [0.2, 0.25) is 11.8 Å². The lowest BCUT2D eigenvalue weighted by Crippen LogP contribution is -2.30. The van der Waals surface area contributed by atoms with Crippen molar-refractivity contribution in [1.82, 2.24) is 19.5 Å². The van der Waals surface area contributed by atoms with Crippen LogP contribution in [-0.2, 0) is 46.3 Å². The van der Waals surface area contributed by atoms with Crippen LogP contribution in [0.2, 0.25) is 0 Å². The Kier molecular flexibility index (Phi) is 7.32. The Morgan fingerprint density at radius 2 is 2.00 bits per heavy atom. The van der Waals surface area contributed by atoms with Crippen molar-refractivity contribution in [2.75, 3.05) is 14.2 Å². The van der Waals surface area contributed by atoms with Gasteiger partial charge in [0.25, 0.3) is 0 Å². The first-order valence-electron chi connectivity index (χ1n) is 11.3.